The Balaban J connectivity index is 1.66. The van der Waals surface area contributed by atoms with Crippen molar-refractivity contribution in [3.05, 3.63) is 71.8 Å². The van der Waals surface area contributed by atoms with E-state index in [4.69, 9.17) is 0 Å². The molecule has 2 saturated heterocycles. The molecule has 0 unspecified atom stereocenters. The number of hydrogen-bond acceptors (Lipinski definition) is 5. The van der Waals surface area contributed by atoms with Crippen LogP contribution < -0.4 is 0 Å². The molecule has 0 amide bonds. The van der Waals surface area contributed by atoms with Crippen LogP contribution in [0.3, 0.4) is 0 Å². The molecular formula is C20H20I2N2OS2. The average molecular weight is 622 g/mol. The quantitative estimate of drug-likeness (QED) is 0.289. The maximum Gasteiger partial charge on any atom is 0.140 e. The minimum Gasteiger partial charge on any atom is -0.299 e. The van der Waals surface area contributed by atoms with E-state index in [9.17, 15) is 4.79 Å². The normalized spacial score (nSPS) is 29.5. The second-order valence-corrected chi connectivity index (χ2v) is 10.6. The van der Waals surface area contributed by atoms with Crippen molar-refractivity contribution in [1.82, 2.24) is 8.61 Å². The van der Waals surface area contributed by atoms with Gasteiger partial charge in [0.1, 0.15) is 5.78 Å². The Labute approximate surface area is 193 Å². The molecule has 2 aliphatic heterocycles. The Bertz CT molecular complexity index is 780. The zero-order chi connectivity index (χ0) is 18.8. The van der Waals surface area contributed by atoms with Crippen LogP contribution in [0.4, 0.5) is 0 Å². The molecule has 0 N–H and O–H groups in total. The van der Waals surface area contributed by atoms with E-state index in [1.54, 1.807) is 18.2 Å². The minimum absolute atomic E-state index is 0.0921. The highest BCUT2D eigenvalue weighted by molar-refractivity contribution is 14.2. The third-order valence-corrected chi connectivity index (χ3v) is 9.78. The standard InChI is InChI=1S/C20H20I2N2OS2/c21-26-23-13-16-19(11-17(23)14-7-3-1-4-8-14)24(27-22)18(12-20(16)25)15-9-5-2-6-10-15/h1-10,16-19H,11-13H2/t16-,17+,18+,19+/m1/s1. The number of ketones is 1. The summed E-state index contributed by atoms with van der Waals surface area (Å²) in [6.45, 7) is 0.825. The van der Waals surface area contributed by atoms with Gasteiger partial charge in [0.25, 0.3) is 0 Å². The molecule has 27 heavy (non-hydrogen) atoms. The molecule has 2 fully saturated rings. The van der Waals surface area contributed by atoms with Gasteiger partial charge in [0, 0.05) is 73.4 Å². The van der Waals surface area contributed by atoms with E-state index >= 15 is 0 Å². The van der Waals surface area contributed by atoms with E-state index in [1.807, 2.05) is 6.07 Å². The molecule has 2 aromatic rings. The van der Waals surface area contributed by atoms with E-state index in [1.165, 1.54) is 11.1 Å². The summed E-state index contributed by atoms with van der Waals surface area (Å²) in [5.74, 6) is 0.506. The second-order valence-electron chi connectivity index (χ2n) is 7.03. The predicted molar refractivity (Wildman–Crippen MR) is 132 cm³/mol. The Morgan fingerprint density at radius 3 is 2.00 bits per heavy atom. The molecule has 3 nitrogen and oxygen atoms in total. The van der Waals surface area contributed by atoms with E-state index in [0.717, 1.165) is 13.0 Å². The molecule has 2 aromatic carbocycles. The first-order chi connectivity index (χ1) is 13.2. The Kier molecular flexibility index (Phi) is 7.08. The molecule has 4 atom stereocenters. The summed E-state index contributed by atoms with van der Waals surface area (Å²) in [4.78, 5) is 13.1. The zero-order valence-corrected chi connectivity index (χ0v) is 20.5. The van der Waals surface area contributed by atoms with Crippen molar-refractivity contribution in [3.8, 4) is 0 Å². The minimum atomic E-state index is 0.0921. The van der Waals surface area contributed by atoms with Crippen LogP contribution in [0.1, 0.15) is 36.1 Å². The molecule has 7 heteroatoms. The van der Waals surface area contributed by atoms with E-state index < -0.39 is 0 Å². The van der Waals surface area contributed by atoms with Crippen molar-refractivity contribution in [2.45, 2.75) is 31.0 Å². The van der Waals surface area contributed by atoms with Crippen LogP contribution in [-0.2, 0) is 4.79 Å². The Hall–Kier alpha value is 0.190. The lowest BCUT2D eigenvalue weighted by Crippen LogP contribution is -2.55. The first-order valence-electron chi connectivity index (χ1n) is 8.98. The van der Waals surface area contributed by atoms with Crippen LogP contribution in [0.15, 0.2) is 60.7 Å². The molecule has 0 spiro atoms. The second kappa shape index (κ2) is 9.34. The summed E-state index contributed by atoms with van der Waals surface area (Å²) < 4.78 is 4.89. The number of carbonyl (C=O) groups is 1. The van der Waals surface area contributed by atoms with Gasteiger partial charge in [-0.05, 0) is 35.8 Å². The number of nitrogens with zero attached hydrogens (tertiary/aromatic N) is 2. The first-order valence-corrected chi connectivity index (χ1v) is 15.6. The summed E-state index contributed by atoms with van der Waals surface area (Å²) in [6, 6.07) is 22.0. The van der Waals surface area contributed by atoms with Gasteiger partial charge < -0.3 is 0 Å². The van der Waals surface area contributed by atoms with Gasteiger partial charge in [0.15, 0.2) is 0 Å². The molecule has 2 aliphatic rings. The van der Waals surface area contributed by atoms with Crippen LogP contribution in [0.2, 0.25) is 0 Å². The molecule has 0 aromatic heterocycles. The number of Topliss-reactive ketones (excluding diaryl/α,β-unsaturated/α-hetero) is 1. The monoisotopic (exact) mass is 622 g/mol. The van der Waals surface area contributed by atoms with Crippen molar-refractivity contribution >= 4 is 66.4 Å². The van der Waals surface area contributed by atoms with Gasteiger partial charge in [0.2, 0.25) is 0 Å². The van der Waals surface area contributed by atoms with Crippen molar-refractivity contribution in [2.75, 3.05) is 6.54 Å². The Morgan fingerprint density at radius 2 is 1.44 bits per heavy atom. The molecule has 0 bridgehead atoms. The van der Waals surface area contributed by atoms with Crippen LogP contribution in [0, 0.1) is 5.92 Å². The molecular weight excluding hydrogens is 602 g/mol. The van der Waals surface area contributed by atoms with Crippen LogP contribution in [0.5, 0.6) is 0 Å². The number of rotatable bonds is 4. The third kappa shape index (κ3) is 4.23. The summed E-state index contributed by atoms with van der Waals surface area (Å²) in [7, 11) is 3.50. The number of benzene rings is 2. The van der Waals surface area contributed by atoms with Crippen molar-refractivity contribution < 1.29 is 4.79 Å². The number of fused-ring (bicyclic) bond motifs is 1. The van der Waals surface area contributed by atoms with Gasteiger partial charge in [-0.25, -0.2) is 8.61 Å². The fourth-order valence-electron chi connectivity index (χ4n) is 4.31. The van der Waals surface area contributed by atoms with Gasteiger partial charge >= 0.3 is 0 Å². The van der Waals surface area contributed by atoms with Gasteiger partial charge in [-0.2, -0.15) is 0 Å². The van der Waals surface area contributed by atoms with Crippen LogP contribution >= 0.6 is 60.6 Å². The zero-order valence-electron chi connectivity index (χ0n) is 14.6. The number of carbonyl (C=O) groups excluding carboxylic acids is 1. The fourth-order valence-corrected chi connectivity index (χ4v) is 8.46. The largest absolute Gasteiger partial charge is 0.299 e. The van der Waals surface area contributed by atoms with E-state index in [0.29, 0.717) is 18.2 Å². The van der Waals surface area contributed by atoms with Gasteiger partial charge in [-0.15, -0.1) is 0 Å². The highest BCUT2D eigenvalue weighted by atomic mass is 127. The average Bonchev–Trinajstić information content (AvgIpc) is 2.74. The number of piperidine rings is 2. The lowest BCUT2D eigenvalue weighted by molar-refractivity contribution is -0.131. The van der Waals surface area contributed by atoms with Gasteiger partial charge in [-0.1, -0.05) is 60.7 Å². The van der Waals surface area contributed by atoms with Crippen molar-refractivity contribution in [2.24, 2.45) is 5.92 Å². The highest BCUT2D eigenvalue weighted by Crippen LogP contribution is 2.50. The third-order valence-electron chi connectivity index (χ3n) is 5.63. The summed E-state index contributed by atoms with van der Waals surface area (Å²) in [5, 5.41) is 0. The first kappa shape index (κ1) is 20.5. The highest BCUT2D eigenvalue weighted by Gasteiger charge is 2.48. The summed E-state index contributed by atoms with van der Waals surface area (Å²) in [5.41, 5.74) is 2.59. The van der Waals surface area contributed by atoms with E-state index in [-0.39, 0.29) is 18.0 Å². The number of hydrogen-bond donors (Lipinski definition) is 0. The predicted octanol–water partition coefficient (Wildman–Crippen LogP) is 6.43. The fraction of sp³-hybridized carbons (Fsp3) is 0.350. The van der Waals surface area contributed by atoms with E-state index in [2.05, 4.69) is 106 Å². The Morgan fingerprint density at radius 1 is 0.852 bits per heavy atom. The summed E-state index contributed by atoms with van der Waals surface area (Å²) in [6.07, 6.45) is 1.59. The number of halogens is 2. The maximum atomic E-state index is 13.1. The van der Waals surface area contributed by atoms with Crippen LogP contribution in [0.25, 0.3) is 0 Å². The van der Waals surface area contributed by atoms with Crippen molar-refractivity contribution in [3.63, 3.8) is 0 Å². The summed E-state index contributed by atoms with van der Waals surface area (Å²) >= 11 is 4.75. The molecule has 0 saturated carbocycles. The lowest BCUT2D eigenvalue weighted by Gasteiger charge is -2.50. The van der Waals surface area contributed by atoms with Crippen LogP contribution in [-0.4, -0.2) is 27.0 Å². The SMILES string of the molecule is O=C1C[C@@H](c2ccccc2)N(SI)[C@H]2C[C@@H](c3ccccc3)N(SI)C[C@@H]12. The molecule has 0 aliphatic carbocycles. The smallest absolute Gasteiger partial charge is 0.140 e. The van der Waals surface area contributed by atoms with Crippen molar-refractivity contribution in [1.29, 1.82) is 0 Å². The lowest BCUT2D eigenvalue weighted by atomic mass is 9.77. The van der Waals surface area contributed by atoms with Gasteiger partial charge in [0.05, 0.1) is 6.04 Å². The van der Waals surface area contributed by atoms with Gasteiger partial charge in [-0.3, -0.25) is 4.79 Å². The molecule has 0 radical (unpaired) electrons. The topological polar surface area (TPSA) is 23.6 Å². The maximum absolute atomic E-state index is 13.1. The molecule has 2 heterocycles. The molecule has 142 valence electrons. The molecule has 4 rings (SSSR count).